The highest BCUT2D eigenvalue weighted by molar-refractivity contribution is 7.99. The number of aromatic amines is 1. The molecular formula is C14H21ClN2OS. The maximum absolute atomic E-state index is 12.2. The lowest BCUT2D eigenvalue weighted by Gasteiger charge is -2.24. The van der Waals surface area contributed by atoms with Crippen LogP contribution in [0, 0.1) is 0 Å². The van der Waals surface area contributed by atoms with Gasteiger partial charge >= 0.3 is 0 Å². The zero-order valence-electron chi connectivity index (χ0n) is 11.4. The molecule has 0 aromatic carbocycles. The third-order valence-electron chi connectivity index (χ3n) is 4.12. The SMILES string of the molecule is CC1(C)CSc2[nH]c(=O)c(C3CCNCC3)cc21.Cl. The van der Waals surface area contributed by atoms with Gasteiger partial charge in [-0.25, -0.2) is 0 Å². The van der Waals surface area contributed by atoms with Crippen molar-refractivity contribution < 1.29 is 0 Å². The Labute approximate surface area is 124 Å². The van der Waals surface area contributed by atoms with Gasteiger partial charge in [0, 0.05) is 16.7 Å². The zero-order chi connectivity index (χ0) is 12.8. The average molecular weight is 301 g/mol. The predicted molar refractivity (Wildman–Crippen MR) is 82.9 cm³/mol. The normalized spacial score (nSPS) is 21.8. The van der Waals surface area contributed by atoms with E-state index >= 15 is 0 Å². The van der Waals surface area contributed by atoms with Crippen LogP contribution in [0.4, 0.5) is 0 Å². The maximum Gasteiger partial charge on any atom is 0.252 e. The van der Waals surface area contributed by atoms with E-state index in [2.05, 4.69) is 30.2 Å². The monoisotopic (exact) mass is 300 g/mol. The van der Waals surface area contributed by atoms with Crippen LogP contribution in [0.15, 0.2) is 15.9 Å². The molecule has 1 saturated heterocycles. The molecule has 0 aliphatic carbocycles. The maximum atomic E-state index is 12.2. The summed E-state index contributed by atoms with van der Waals surface area (Å²) in [6.07, 6.45) is 2.16. The van der Waals surface area contributed by atoms with Crippen LogP contribution >= 0.6 is 24.2 Å². The second kappa shape index (κ2) is 5.51. The van der Waals surface area contributed by atoms with Gasteiger partial charge in [0.1, 0.15) is 0 Å². The fraction of sp³-hybridized carbons (Fsp3) is 0.643. The number of piperidine rings is 1. The molecule has 3 nitrogen and oxygen atoms in total. The van der Waals surface area contributed by atoms with Crippen LogP contribution < -0.4 is 10.9 Å². The predicted octanol–water partition coefficient (Wildman–Crippen LogP) is 2.65. The lowest BCUT2D eigenvalue weighted by Crippen LogP contribution is -2.30. The Morgan fingerprint density at radius 2 is 2.00 bits per heavy atom. The summed E-state index contributed by atoms with van der Waals surface area (Å²) >= 11 is 1.78. The number of thioether (sulfide) groups is 1. The minimum absolute atomic E-state index is 0. The quantitative estimate of drug-likeness (QED) is 0.838. The van der Waals surface area contributed by atoms with Crippen molar-refractivity contribution in [2.45, 2.75) is 43.0 Å². The van der Waals surface area contributed by atoms with Crippen LogP contribution in [0.3, 0.4) is 0 Å². The van der Waals surface area contributed by atoms with E-state index in [1.54, 1.807) is 11.8 Å². The van der Waals surface area contributed by atoms with Crippen LogP contribution in [0.25, 0.3) is 0 Å². The van der Waals surface area contributed by atoms with Crippen molar-refractivity contribution in [2.75, 3.05) is 18.8 Å². The highest BCUT2D eigenvalue weighted by Crippen LogP contribution is 2.42. The Kier molecular flexibility index (Phi) is 4.33. The van der Waals surface area contributed by atoms with Gasteiger partial charge < -0.3 is 10.3 Å². The lowest BCUT2D eigenvalue weighted by molar-refractivity contribution is 0.455. The van der Waals surface area contributed by atoms with Crippen LogP contribution in [0.1, 0.15) is 43.7 Å². The van der Waals surface area contributed by atoms with Crippen LogP contribution in [-0.2, 0) is 5.41 Å². The highest BCUT2D eigenvalue weighted by Gasteiger charge is 2.33. The number of hydrogen-bond acceptors (Lipinski definition) is 3. The molecule has 19 heavy (non-hydrogen) atoms. The fourth-order valence-corrected chi connectivity index (χ4v) is 4.23. The van der Waals surface area contributed by atoms with Crippen LogP contribution in [0.2, 0.25) is 0 Å². The Bertz CT molecular complexity index is 521. The van der Waals surface area contributed by atoms with E-state index in [1.807, 2.05) is 0 Å². The molecule has 1 aromatic rings. The van der Waals surface area contributed by atoms with Gasteiger partial charge in [-0.15, -0.1) is 24.2 Å². The first-order valence-corrected chi connectivity index (χ1v) is 7.68. The fourth-order valence-electron chi connectivity index (χ4n) is 2.91. The number of fused-ring (bicyclic) bond motifs is 1. The largest absolute Gasteiger partial charge is 0.317 e. The van der Waals surface area contributed by atoms with Gasteiger partial charge in [0.25, 0.3) is 5.56 Å². The molecule has 106 valence electrons. The van der Waals surface area contributed by atoms with Gasteiger partial charge in [0.15, 0.2) is 0 Å². The number of pyridine rings is 1. The first-order chi connectivity index (χ1) is 8.58. The van der Waals surface area contributed by atoms with Gasteiger partial charge in [-0.3, -0.25) is 4.79 Å². The van der Waals surface area contributed by atoms with Crippen molar-refractivity contribution in [3.63, 3.8) is 0 Å². The number of rotatable bonds is 1. The second-order valence-corrected chi connectivity index (χ2v) is 6.98. The molecule has 0 spiro atoms. The molecule has 0 atom stereocenters. The number of hydrogen-bond donors (Lipinski definition) is 2. The molecule has 1 aromatic heterocycles. The molecule has 2 aliphatic rings. The Morgan fingerprint density at radius 1 is 1.32 bits per heavy atom. The molecule has 0 bridgehead atoms. The highest BCUT2D eigenvalue weighted by atomic mass is 35.5. The molecule has 0 amide bonds. The third kappa shape index (κ3) is 2.71. The summed E-state index contributed by atoms with van der Waals surface area (Å²) in [7, 11) is 0. The smallest absolute Gasteiger partial charge is 0.252 e. The minimum atomic E-state index is 0. The summed E-state index contributed by atoms with van der Waals surface area (Å²) in [5, 5.41) is 4.44. The molecule has 1 fully saturated rings. The Balaban J connectivity index is 0.00000133. The van der Waals surface area contributed by atoms with E-state index in [-0.39, 0.29) is 23.4 Å². The number of halogens is 1. The van der Waals surface area contributed by atoms with Crippen molar-refractivity contribution in [1.29, 1.82) is 0 Å². The van der Waals surface area contributed by atoms with Gasteiger partial charge in [-0.1, -0.05) is 13.8 Å². The third-order valence-corrected chi connectivity index (χ3v) is 5.60. The molecule has 0 unspecified atom stereocenters. The molecule has 2 aliphatic heterocycles. The van der Waals surface area contributed by atoms with E-state index in [9.17, 15) is 4.79 Å². The van der Waals surface area contributed by atoms with Crippen molar-refractivity contribution >= 4 is 24.2 Å². The van der Waals surface area contributed by atoms with Gasteiger partial charge in [-0.2, -0.15) is 0 Å². The zero-order valence-corrected chi connectivity index (χ0v) is 13.0. The molecule has 5 heteroatoms. The Morgan fingerprint density at radius 3 is 2.68 bits per heavy atom. The summed E-state index contributed by atoms with van der Waals surface area (Å²) in [6.45, 7) is 6.57. The second-order valence-electron chi connectivity index (χ2n) is 5.99. The molecule has 2 N–H and O–H groups in total. The summed E-state index contributed by atoms with van der Waals surface area (Å²) < 4.78 is 0. The van der Waals surface area contributed by atoms with E-state index < -0.39 is 0 Å². The minimum Gasteiger partial charge on any atom is -0.317 e. The standard InChI is InChI=1S/C14H20N2OS.ClH/c1-14(2)8-18-13-11(14)7-10(12(17)16-13)9-3-5-15-6-4-9;/h7,9,15H,3-6,8H2,1-2H3,(H,16,17);1H. The topological polar surface area (TPSA) is 44.9 Å². The van der Waals surface area contributed by atoms with E-state index in [1.165, 1.54) is 5.56 Å². The van der Waals surface area contributed by atoms with Gasteiger partial charge in [0.05, 0.1) is 5.03 Å². The number of H-pyrrole nitrogens is 1. The Hall–Kier alpha value is -0.450. The number of aromatic nitrogens is 1. The van der Waals surface area contributed by atoms with E-state index in [4.69, 9.17) is 0 Å². The van der Waals surface area contributed by atoms with Crippen LogP contribution in [-0.4, -0.2) is 23.8 Å². The first kappa shape index (κ1) is 14.9. The molecule has 0 radical (unpaired) electrons. The van der Waals surface area contributed by atoms with E-state index in [0.29, 0.717) is 5.92 Å². The average Bonchev–Trinajstić information content (AvgIpc) is 2.65. The number of nitrogens with one attached hydrogen (secondary N) is 2. The molecular weight excluding hydrogens is 280 g/mol. The van der Waals surface area contributed by atoms with Crippen molar-refractivity contribution in [1.82, 2.24) is 10.3 Å². The first-order valence-electron chi connectivity index (χ1n) is 6.69. The van der Waals surface area contributed by atoms with Gasteiger partial charge in [-0.05, 0) is 43.5 Å². The molecule has 3 rings (SSSR count). The van der Waals surface area contributed by atoms with E-state index in [0.717, 1.165) is 42.3 Å². The van der Waals surface area contributed by atoms with Crippen LogP contribution in [0.5, 0.6) is 0 Å². The van der Waals surface area contributed by atoms with Gasteiger partial charge in [0.2, 0.25) is 0 Å². The summed E-state index contributed by atoms with van der Waals surface area (Å²) in [5.74, 6) is 1.50. The summed E-state index contributed by atoms with van der Waals surface area (Å²) in [4.78, 5) is 15.3. The van der Waals surface area contributed by atoms with Crippen molar-refractivity contribution in [3.05, 3.63) is 27.5 Å². The lowest BCUT2D eigenvalue weighted by atomic mass is 9.84. The summed E-state index contributed by atoms with van der Waals surface area (Å²) in [5.41, 5.74) is 2.66. The van der Waals surface area contributed by atoms with Crippen molar-refractivity contribution in [2.24, 2.45) is 0 Å². The summed E-state index contributed by atoms with van der Waals surface area (Å²) in [6, 6.07) is 2.18. The molecule has 0 saturated carbocycles. The molecule has 3 heterocycles. The van der Waals surface area contributed by atoms with Crippen molar-refractivity contribution in [3.8, 4) is 0 Å².